The molecule has 0 unspecified atom stereocenters. The van der Waals surface area contributed by atoms with Gasteiger partial charge in [-0.3, -0.25) is 4.31 Å². The average molecular weight is 256 g/mol. The number of anilines is 1. The van der Waals surface area contributed by atoms with Crippen molar-refractivity contribution in [3.05, 3.63) is 30.3 Å². The van der Waals surface area contributed by atoms with Gasteiger partial charge in [0.15, 0.2) is 0 Å². The second kappa shape index (κ2) is 6.61. The number of hydrogen-bond acceptors (Lipinski definition) is 3. The Balaban J connectivity index is 2.96. The number of nitrogens with two attached hydrogens (primary N) is 1. The predicted molar refractivity (Wildman–Crippen MR) is 71.5 cm³/mol. The van der Waals surface area contributed by atoms with Crippen LogP contribution in [0.3, 0.4) is 0 Å². The van der Waals surface area contributed by atoms with Crippen LogP contribution in [0.5, 0.6) is 0 Å². The van der Waals surface area contributed by atoms with E-state index in [1.54, 1.807) is 0 Å². The van der Waals surface area contributed by atoms with Gasteiger partial charge in [-0.15, -0.1) is 0 Å². The van der Waals surface area contributed by atoms with Gasteiger partial charge in [0.2, 0.25) is 10.0 Å². The molecule has 2 N–H and O–H groups in total. The van der Waals surface area contributed by atoms with Crippen molar-refractivity contribution in [1.29, 1.82) is 0 Å². The molecule has 0 radical (unpaired) electrons. The summed E-state index contributed by atoms with van der Waals surface area (Å²) in [6.45, 7) is 2.80. The van der Waals surface area contributed by atoms with Gasteiger partial charge in [0.1, 0.15) is 0 Å². The van der Waals surface area contributed by atoms with Gasteiger partial charge in [0, 0.05) is 6.54 Å². The van der Waals surface area contributed by atoms with E-state index in [1.807, 2.05) is 37.3 Å². The molecular weight excluding hydrogens is 236 g/mol. The summed E-state index contributed by atoms with van der Waals surface area (Å²) in [5, 5.41) is 0. The average Bonchev–Trinajstić information content (AvgIpc) is 2.30. The molecule has 0 fully saturated rings. The minimum absolute atomic E-state index is 0.173. The molecule has 1 aromatic rings. The first kappa shape index (κ1) is 14.0. The van der Waals surface area contributed by atoms with Crippen LogP contribution in [0.1, 0.15) is 19.8 Å². The van der Waals surface area contributed by atoms with E-state index in [0.29, 0.717) is 25.9 Å². The molecule has 0 atom stereocenters. The van der Waals surface area contributed by atoms with E-state index < -0.39 is 10.0 Å². The Bertz CT molecular complexity index is 417. The van der Waals surface area contributed by atoms with Crippen molar-refractivity contribution >= 4 is 15.7 Å². The summed E-state index contributed by atoms with van der Waals surface area (Å²) in [6.07, 6.45) is 1.28. The quantitative estimate of drug-likeness (QED) is 0.805. The fourth-order valence-corrected chi connectivity index (χ4v) is 3.21. The fourth-order valence-electron chi connectivity index (χ4n) is 1.63. The van der Waals surface area contributed by atoms with Gasteiger partial charge < -0.3 is 5.73 Å². The number of para-hydroxylation sites is 1. The summed E-state index contributed by atoms with van der Waals surface area (Å²) < 4.78 is 25.7. The number of benzene rings is 1. The number of nitrogens with zero attached hydrogens (tertiary/aromatic N) is 1. The molecule has 1 rings (SSSR count). The van der Waals surface area contributed by atoms with Gasteiger partial charge in [-0.2, -0.15) is 0 Å². The van der Waals surface area contributed by atoms with Gasteiger partial charge in [-0.05, 0) is 31.5 Å². The Morgan fingerprint density at radius 3 is 2.41 bits per heavy atom. The standard InChI is InChI=1S/C12H20N2O2S/c1-2-11-17(15,16)14(10-6-9-13)12-7-4-3-5-8-12/h3-5,7-8H,2,6,9-11,13H2,1H3. The monoisotopic (exact) mass is 256 g/mol. The highest BCUT2D eigenvalue weighted by Crippen LogP contribution is 2.18. The summed E-state index contributed by atoms with van der Waals surface area (Å²) in [5.74, 6) is 0.173. The minimum atomic E-state index is -3.22. The smallest absolute Gasteiger partial charge is 0.235 e. The van der Waals surface area contributed by atoms with Gasteiger partial charge >= 0.3 is 0 Å². The summed E-state index contributed by atoms with van der Waals surface area (Å²) >= 11 is 0. The van der Waals surface area contributed by atoms with Crippen LogP contribution in [0.2, 0.25) is 0 Å². The van der Waals surface area contributed by atoms with Crippen molar-refractivity contribution < 1.29 is 8.42 Å². The zero-order valence-electron chi connectivity index (χ0n) is 10.2. The Kier molecular flexibility index (Phi) is 5.44. The molecule has 0 saturated carbocycles. The molecule has 0 heterocycles. The summed E-state index contributed by atoms with van der Waals surface area (Å²) in [7, 11) is -3.22. The van der Waals surface area contributed by atoms with Crippen molar-refractivity contribution in [2.24, 2.45) is 5.73 Å². The zero-order chi connectivity index (χ0) is 12.7. The van der Waals surface area contributed by atoms with Crippen LogP contribution in [-0.4, -0.2) is 27.3 Å². The van der Waals surface area contributed by atoms with E-state index in [4.69, 9.17) is 5.73 Å². The molecule has 0 bridgehead atoms. The van der Waals surface area contributed by atoms with Crippen molar-refractivity contribution in [1.82, 2.24) is 0 Å². The molecule has 0 aliphatic carbocycles. The van der Waals surface area contributed by atoms with E-state index in [0.717, 1.165) is 5.69 Å². The highest BCUT2D eigenvalue weighted by Gasteiger charge is 2.20. The lowest BCUT2D eigenvalue weighted by molar-refractivity contribution is 0.588. The normalized spacial score (nSPS) is 11.4. The van der Waals surface area contributed by atoms with Gasteiger partial charge in [0.05, 0.1) is 11.4 Å². The first-order valence-electron chi connectivity index (χ1n) is 5.87. The lowest BCUT2D eigenvalue weighted by atomic mass is 10.3. The number of rotatable bonds is 7. The molecule has 0 saturated heterocycles. The Hall–Kier alpha value is -1.07. The fraction of sp³-hybridized carbons (Fsp3) is 0.500. The van der Waals surface area contributed by atoms with E-state index in [1.165, 1.54) is 4.31 Å². The molecule has 5 heteroatoms. The van der Waals surface area contributed by atoms with E-state index >= 15 is 0 Å². The Labute approximate surface area is 103 Å². The van der Waals surface area contributed by atoms with Crippen LogP contribution in [-0.2, 0) is 10.0 Å². The summed E-state index contributed by atoms with van der Waals surface area (Å²) in [6, 6.07) is 9.17. The minimum Gasteiger partial charge on any atom is -0.330 e. The third-order valence-corrected chi connectivity index (χ3v) is 4.40. The van der Waals surface area contributed by atoms with Gasteiger partial charge in [-0.1, -0.05) is 25.1 Å². The Morgan fingerprint density at radius 2 is 1.88 bits per heavy atom. The van der Waals surface area contributed by atoms with Crippen LogP contribution >= 0.6 is 0 Å². The Morgan fingerprint density at radius 1 is 1.24 bits per heavy atom. The van der Waals surface area contributed by atoms with Gasteiger partial charge in [-0.25, -0.2) is 8.42 Å². The molecule has 1 aromatic carbocycles. The van der Waals surface area contributed by atoms with Crippen molar-refractivity contribution in [2.75, 3.05) is 23.1 Å². The third-order valence-electron chi connectivity index (χ3n) is 2.41. The molecule has 17 heavy (non-hydrogen) atoms. The highest BCUT2D eigenvalue weighted by molar-refractivity contribution is 7.92. The third kappa shape index (κ3) is 4.02. The van der Waals surface area contributed by atoms with E-state index in [-0.39, 0.29) is 5.75 Å². The maximum Gasteiger partial charge on any atom is 0.235 e. The van der Waals surface area contributed by atoms with Crippen molar-refractivity contribution in [3.8, 4) is 0 Å². The maximum absolute atomic E-state index is 12.1. The lowest BCUT2D eigenvalue weighted by Crippen LogP contribution is -2.34. The maximum atomic E-state index is 12.1. The molecule has 4 nitrogen and oxygen atoms in total. The van der Waals surface area contributed by atoms with Crippen LogP contribution < -0.4 is 10.0 Å². The second-order valence-electron chi connectivity index (χ2n) is 3.87. The SMILES string of the molecule is CCCS(=O)(=O)N(CCCN)c1ccccc1. The topological polar surface area (TPSA) is 63.4 Å². The lowest BCUT2D eigenvalue weighted by Gasteiger charge is -2.24. The summed E-state index contributed by atoms with van der Waals surface area (Å²) in [5.41, 5.74) is 6.17. The highest BCUT2D eigenvalue weighted by atomic mass is 32.2. The largest absolute Gasteiger partial charge is 0.330 e. The van der Waals surface area contributed by atoms with Crippen LogP contribution in [0.4, 0.5) is 5.69 Å². The van der Waals surface area contributed by atoms with Crippen LogP contribution in [0.25, 0.3) is 0 Å². The molecule has 0 aromatic heterocycles. The van der Waals surface area contributed by atoms with E-state index in [2.05, 4.69) is 0 Å². The zero-order valence-corrected chi connectivity index (χ0v) is 11.0. The molecule has 96 valence electrons. The van der Waals surface area contributed by atoms with E-state index in [9.17, 15) is 8.42 Å². The first-order valence-corrected chi connectivity index (χ1v) is 7.48. The van der Waals surface area contributed by atoms with Crippen LogP contribution in [0.15, 0.2) is 30.3 Å². The molecule has 0 aliphatic heterocycles. The molecule has 0 spiro atoms. The molecule has 0 amide bonds. The second-order valence-corrected chi connectivity index (χ2v) is 5.88. The van der Waals surface area contributed by atoms with Gasteiger partial charge in [0.25, 0.3) is 0 Å². The molecule has 0 aliphatic rings. The number of sulfonamides is 1. The number of hydrogen-bond donors (Lipinski definition) is 1. The summed E-state index contributed by atoms with van der Waals surface area (Å²) in [4.78, 5) is 0. The van der Waals surface area contributed by atoms with Crippen molar-refractivity contribution in [3.63, 3.8) is 0 Å². The van der Waals surface area contributed by atoms with Crippen LogP contribution in [0, 0.1) is 0 Å². The first-order chi connectivity index (χ1) is 8.11. The molecular formula is C12H20N2O2S. The predicted octanol–water partition coefficient (Wildman–Crippen LogP) is 1.58. The van der Waals surface area contributed by atoms with Crippen molar-refractivity contribution in [2.45, 2.75) is 19.8 Å².